The van der Waals surface area contributed by atoms with Gasteiger partial charge in [0, 0.05) is 19.6 Å². The zero-order chi connectivity index (χ0) is 13.8. The van der Waals surface area contributed by atoms with Gasteiger partial charge in [0.2, 0.25) is 0 Å². The quantitative estimate of drug-likeness (QED) is 0.696. The van der Waals surface area contributed by atoms with Gasteiger partial charge in [0.25, 0.3) is 0 Å². The largest absolute Gasteiger partial charge is 0.483 e. The van der Waals surface area contributed by atoms with E-state index in [1.165, 1.54) is 0 Å². The van der Waals surface area contributed by atoms with Crippen LogP contribution in [0.5, 0.6) is 5.75 Å². The average Bonchev–Trinajstić information content (AvgIpc) is 2.83. The van der Waals surface area contributed by atoms with E-state index >= 15 is 0 Å². The topological polar surface area (TPSA) is 62.6 Å². The first-order valence-electron chi connectivity index (χ1n) is 6.46. The van der Waals surface area contributed by atoms with E-state index in [4.69, 9.17) is 14.2 Å². The summed E-state index contributed by atoms with van der Waals surface area (Å²) in [7, 11) is 1.60. The monoisotopic (exact) mass is 268 g/mol. The van der Waals surface area contributed by atoms with Crippen molar-refractivity contribution in [3.63, 3.8) is 0 Å². The summed E-state index contributed by atoms with van der Waals surface area (Å²) in [5, 5.41) is 4.19. The molecule has 0 N–H and O–H groups in total. The average molecular weight is 268 g/mol. The van der Waals surface area contributed by atoms with Crippen LogP contribution in [0.4, 0.5) is 0 Å². The third kappa shape index (κ3) is 3.33. The van der Waals surface area contributed by atoms with Gasteiger partial charge in [0.15, 0.2) is 17.6 Å². The number of Topliss-reactive ketones (excluding diaryl/α,β-unsaturated/α-hetero) is 1. The van der Waals surface area contributed by atoms with Crippen molar-refractivity contribution in [2.45, 2.75) is 38.5 Å². The van der Waals surface area contributed by atoms with Gasteiger partial charge in [-0.3, -0.25) is 9.48 Å². The van der Waals surface area contributed by atoms with Crippen LogP contribution in [0.3, 0.4) is 0 Å². The number of nitrogens with zero attached hydrogens (tertiary/aromatic N) is 2. The molecule has 0 aromatic carbocycles. The van der Waals surface area contributed by atoms with Crippen molar-refractivity contribution in [3.05, 3.63) is 12.4 Å². The fourth-order valence-corrected chi connectivity index (χ4v) is 1.87. The highest BCUT2D eigenvalue weighted by molar-refractivity contribution is 5.90. The maximum absolute atomic E-state index is 11.5. The minimum Gasteiger partial charge on any atom is -0.483 e. The molecule has 6 nitrogen and oxygen atoms in total. The van der Waals surface area contributed by atoms with Crippen molar-refractivity contribution in [2.75, 3.05) is 20.3 Å². The maximum atomic E-state index is 11.5. The standard InChI is InChI=1S/C13H20N2O4/c1-9(2)15-8-10(7-14-15)19-12-6-11(16)13(12)18-5-4-17-3/h7-9,12-13H,4-6H2,1-3H3. The first-order chi connectivity index (χ1) is 9.11. The summed E-state index contributed by atoms with van der Waals surface area (Å²) in [6.07, 6.45) is 3.20. The molecular formula is C13H20N2O4. The Morgan fingerprint density at radius 2 is 2.26 bits per heavy atom. The lowest BCUT2D eigenvalue weighted by Crippen LogP contribution is -2.52. The number of carbonyl (C=O) groups is 1. The van der Waals surface area contributed by atoms with Crippen LogP contribution >= 0.6 is 0 Å². The summed E-state index contributed by atoms with van der Waals surface area (Å²) >= 11 is 0. The van der Waals surface area contributed by atoms with E-state index in [0.29, 0.717) is 25.4 Å². The SMILES string of the molecule is COCCOC1C(=O)CC1Oc1cnn(C(C)C)c1. The molecule has 0 radical (unpaired) electrons. The van der Waals surface area contributed by atoms with Crippen LogP contribution in [0.1, 0.15) is 26.3 Å². The van der Waals surface area contributed by atoms with Crippen molar-refractivity contribution in [2.24, 2.45) is 0 Å². The lowest BCUT2D eigenvalue weighted by atomic mass is 9.90. The number of carbonyl (C=O) groups excluding carboxylic acids is 1. The van der Waals surface area contributed by atoms with Crippen LogP contribution < -0.4 is 4.74 Å². The van der Waals surface area contributed by atoms with Crippen LogP contribution in [0, 0.1) is 0 Å². The number of methoxy groups -OCH3 is 1. The fraction of sp³-hybridized carbons (Fsp3) is 0.692. The molecule has 19 heavy (non-hydrogen) atoms. The summed E-state index contributed by atoms with van der Waals surface area (Å²) in [5.41, 5.74) is 0. The van der Waals surface area contributed by atoms with Gasteiger partial charge in [-0.25, -0.2) is 0 Å². The Morgan fingerprint density at radius 3 is 2.84 bits per heavy atom. The Morgan fingerprint density at radius 1 is 1.47 bits per heavy atom. The molecule has 1 fully saturated rings. The first-order valence-corrected chi connectivity index (χ1v) is 6.46. The van der Waals surface area contributed by atoms with E-state index in [1.54, 1.807) is 13.3 Å². The second-order valence-electron chi connectivity index (χ2n) is 4.86. The van der Waals surface area contributed by atoms with E-state index < -0.39 is 6.10 Å². The molecule has 0 aliphatic heterocycles. The third-order valence-corrected chi connectivity index (χ3v) is 3.04. The number of hydrogen-bond donors (Lipinski definition) is 0. The van der Waals surface area contributed by atoms with E-state index in [2.05, 4.69) is 5.10 Å². The van der Waals surface area contributed by atoms with Gasteiger partial charge < -0.3 is 14.2 Å². The smallest absolute Gasteiger partial charge is 0.169 e. The molecule has 6 heteroatoms. The summed E-state index contributed by atoms with van der Waals surface area (Å²) in [5.74, 6) is 0.754. The van der Waals surface area contributed by atoms with E-state index in [9.17, 15) is 4.79 Å². The molecule has 1 aromatic rings. The highest BCUT2D eigenvalue weighted by Gasteiger charge is 2.42. The summed E-state index contributed by atoms with van der Waals surface area (Å²) < 4.78 is 17.9. The molecule has 1 heterocycles. The Hall–Kier alpha value is -1.40. The molecule has 2 atom stereocenters. The summed E-state index contributed by atoms with van der Waals surface area (Å²) in [4.78, 5) is 11.5. The van der Waals surface area contributed by atoms with Crippen LogP contribution in [0.2, 0.25) is 0 Å². The molecule has 1 aliphatic carbocycles. The van der Waals surface area contributed by atoms with Crippen LogP contribution in [0.15, 0.2) is 12.4 Å². The second-order valence-corrected chi connectivity index (χ2v) is 4.86. The fourth-order valence-electron chi connectivity index (χ4n) is 1.87. The Kier molecular flexibility index (Phi) is 4.55. The molecule has 0 spiro atoms. The number of aromatic nitrogens is 2. The predicted molar refractivity (Wildman–Crippen MR) is 68.3 cm³/mol. The van der Waals surface area contributed by atoms with Crippen molar-refractivity contribution in [1.82, 2.24) is 9.78 Å². The van der Waals surface area contributed by atoms with Gasteiger partial charge in [0.1, 0.15) is 6.10 Å². The van der Waals surface area contributed by atoms with Gasteiger partial charge in [-0.05, 0) is 13.8 Å². The molecule has 1 aliphatic rings. The number of rotatable bonds is 7. The third-order valence-electron chi connectivity index (χ3n) is 3.04. The zero-order valence-electron chi connectivity index (χ0n) is 11.5. The van der Waals surface area contributed by atoms with Crippen molar-refractivity contribution < 1.29 is 19.0 Å². The molecule has 106 valence electrons. The number of hydrogen-bond acceptors (Lipinski definition) is 5. The number of ether oxygens (including phenoxy) is 3. The molecule has 0 bridgehead atoms. The summed E-state index contributed by atoms with van der Waals surface area (Å²) in [6, 6.07) is 0.286. The second kappa shape index (κ2) is 6.16. The van der Waals surface area contributed by atoms with Crippen molar-refractivity contribution >= 4 is 5.78 Å². The maximum Gasteiger partial charge on any atom is 0.169 e. The van der Waals surface area contributed by atoms with Gasteiger partial charge >= 0.3 is 0 Å². The molecule has 2 unspecified atom stereocenters. The Labute approximate surface area is 112 Å². The Balaban J connectivity index is 1.86. The molecule has 1 aromatic heterocycles. The first kappa shape index (κ1) is 14.0. The van der Waals surface area contributed by atoms with Gasteiger partial charge in [-0.15, -0.1) is 0 Å². The van der Waals surface area contributed by atoms with E-state index in [0.717, 1.165) is 0 Å². The van der Waals surface area contributed by atoms with Crippen LogP contribution in [-0.2, 0) is 14.3 Å². The molecule has 2 rings (SSSR count). The van der Waals surface area contributed by atoms with Gasteiger partial charge in [-0.1, -0.05) is 0 Å². The Bertz CT molecular complexity index is 430. The molecule has 1 saturated carbocycles. The normalized spacial score (nSPS) is 22.6. The molecule has 0 saturated heterocycles. The lowest BCUT2D eigenvalue weighted by Gasteiger charge is -2.34. The highest BCUT2D eigenvalue weighted by Crippen LogP contribution is 2.25. The molecular weight excluding hydrogens is 248 g/mol. The van der Waals surface area contributed by atoms with Crippen LogP contribution in [-0.4, -0.2) is 48.1 Å². The van der Waals surface area contributed by atoms with E-state index in [-0.39, 0.29) is 17.9 Å². The highest BCUT2D eigenvalue weighted by atomic mass is 16.6. The predicted octanol–water partition coefficient (Wildman–Crippen LogP) is 1.22. The van der Waals surface area contributed by atoms with Crippen molar-refractivity contribution in [1.29, 1.82) is 0 Å². The summed E-state index contributed by atoms with van der Waals surface area (Å²) in [6.45, 7) is 4.96. The van der Waals surface area contributed by atoms with E-state index in [1.807, 2.05) is 24.7 Å². The van der Waals surface area contributed by atoms with Gasteiger partial charge in [-0.2, -0.15) is 5.10 Å². The minimum atomic E-state index is -0.474. The zero-order valence-corrected chi connectivity index (χ0v) is 11.5. The van der Waals surface area contributed by atoms with Crippen molar-refractivity contribution in [3.8, 4) is 5.75 Å². The van der Waals surface area contributed by atoms with Gasteiger partial charge in [0.05, 0.1) is 25.6 Å². The lowest BCUT2D eigenvalue weighted by molar-refractivity contribution is -0.156. The van der Waals surface area contributed by atoms with Crippen LogP contribution in [0.25, 0.3) is 0 Å². The minimum absolute atomic E-state index is 0.0809. The number of ketones is 1. The molecule has 0 amide bonds.